The Morgan fingerprint density at radius 1 is 1.40 bits per heavy atom. The summed E-state index contributed by atoms with van der Waals surface area (Å²) in [6, 6.07) is 1.89. The molecule has 20 heavy (non-hydrogen) atoms. The Morgan fingerprint density at radius 2 is 2.00 bits per heavy atom. The number of hydrogen-bond donors (Lipinski definition) is 1. The number of benzene rings is 1. The smallest absolute Gasteiger partial charge is 0.253 e. The van der Waals surface area contributed by atoms with Crippen molar-refractivity contribution in [1.82, 2.24) is 4.90 Å². The van der Waals surface area contributed by atoms with Crippen LogP contribution < -0.4 is 5.73 Å². The summed E-state index contributed by atoms with van der Waals surface area (Å²) in [6.45, 7) is 1.50. The van der Waals surface area contributed by atoms with Crippen LogP contribution in [-0.2, 0) is 4.74 Å². The van der Waals surface area contributed by atoms with Gasteiger partial charge in [0.25, 0.3) is 5.91 Å². The number of rotatable bonds is 6. The summed E-state index contributed by atoms with van der Waals surface area (Å²) in [5.41, 5.74) is 4.54. The van der Waals surface area contributed by atoms with Gasteiger partial charge < -0.3 is 15.4 Å². The van der Waals surface area contributed by atoms with Gasteiger partial charge in [-0.15, -0.1) is 0 Å². The third-order valence-electron chi connectivity index (χ3n) is 3.29. The Bertz CT molecular complexity index is 481. The number of nitrogens with two attached hydrogens (primary N) is 1. The van der Waals surface area contributed by atoms with Gasteiger partial charge in [-0.3, -0.25) is 4.79 Å². The van der Waals surface area contributed by atoms with Crippen molar-refractivity contribution in [2.45, 2.75) is 12.8 Å². The van der Waals surface area contributed by atoms with E-state index in [4.69, 9.17) is 10.5 Å². The van der Waals surface area contributed by atoms with Crippen molar-refractivity contribution < 1.29 is 18.3 Å². The predicted octanol–water partition coefficient (Wildman–Crippen LogP) is 2.05. The molecule has 1 aliphatic carbocycles. The highest BCUT2D eigenvalue weighted by Crippen LogP contribution is 2.28. The van der Waals surface area contributed by atoms with Crippen LogP contribution in [0.4, 0.5) is 14.5 Å². The van der Waals surface area contributed by atoms with Crippen LogP contribution in [0.5, 0.6) is 0 Å². The minimum Gasteiger partial charge on any atom is -0.394 e. The van der Waals surface area contributed by atoms with Gasteiger partial charge in [-0.05, 0) is 30.9 Å². The van der Waals surface area contributed by atoms with E-state index in [-0.39, 0.29) is 5.56 Å². The van der Waals surface area contributed by atoms with E-state index in [1.54, 1.807) is 7.05 Å². The zero-order valence-electron chi connectivity index (χ0n) is 11.4. The van der Waals surface area contributed by atoms with Crippen LogP contribution in [-0.4, -0.2) is 37.6 Å². The summed E-state index contributed by atoms with van der Waals surface area (Å²) in [5, 5.41) is 0. The van der Waals surface area contributed by atoms with E-state index in [1.165, 1.54) is 17.7 Å². The summed E-state index contributed by atoms with van der Waals surface area (Å²) in [7, 11) is 1.56. The molecule has 2 N–H and O–H groups in total. The van der Waals surface area contributed by atoms with Crippen LogP contribution >= 0.6 is 0 Å². The van der Waals surface area contributed by atoms with Crippen LogP contribution in [0.2, 0.25) is 0 Å². The molecule has 1 aromatic rings. The maximum Gasteiger partial charge on any atom is 0.253 e. The molecule has 110 valence electrons. The first-order valence-electron chi connectivity index (χ1n) is 6.56. The predicted molar refractivity (Wildman–Crippen MR) is 71.3 cm³/mol. The number of halogens is 2. The second-order valence-electron chi connectivity index (χ2n) is 5.10. The summed E-state index contributed by atoms with van der Waals surface area (Å²) in [5.74, 6) is -1.65. The van der Waals surface area contributed by atoms with E-state index in [0.717, 1.165) is 12.1 Å². The lowest BCUT2D eigenvalue weighted by Gasteiger charge is -2.17. The van der Waals surface area contributed by atoms with Crippen molar-refractivity contribution in [1.29, 1.82) is 0 Å². The second-order valence-corrected chi connectivity index (χ2v) is 5.10. The van der Waals surface area contributed by atoms with Crippen molar-refractivity contribution >= 4 is 11.6 Å². The molecular weight excluding hydrogens is 266 g/mol. The molecule has 0 spiro atoms. The van der Waals surface area contributed by atoms with Crippen LogP contribution in [0.1, 0.15) is 23.2 Å². The molecule has 0 radical (unpaired) electrons. The van der Waals surface area contributed by atoms with Gasteiger partial charge in [0.1, 0.15) is 17.3 Å². The van der Waals surface area contributed by atoms with E-state index in [9.17, 15) is 13.6 Å². The highest BCUT2D eigenvalue weighted by atomic mass is 19.1. The van der Waals surface area contributed by atoms with Gasteiger partial charge in [-0.2, -0.15) is 0 Å². The van der Waals surface area contributed by atoms with Crippen LogP contribution in [0.15, 0.2) is 12.1 Å². The lowest BCUT2D eigenvalue weighted by atomic mass is 10.1. The lowest BCUT2D eigenvalue weighted by Crippen LogP contribution is -2.30. The van der Waals surface area contributed by atoms with E-state index < -0.39 is 23.2 Å². The van der Waals surface area contributed by atoms with Gasteiger partial charge in [0.05, 0.1) is 6.61 Å². The largest absolute Gasteiger partial charge is 0.394 e. The van der Waals surface area contributed by atoms with Gasteiger partial charge in [-0.25, -0.2) is 8.78 Å². The van der Waals surface area contributed by atoms with Crippen LogP contribution in [0.25, 0.3) is 0 Å². The molecule has 1 amide bonds. The number of anilines is 1. The van der Waals surface area contributed by atoms with E-state index >= 15 is 0 Å². The minimum absolute atomic E-state index is 0.0566. The van der Waals surface area contributed by atoms with Crippen molar-refractivity contribution in [3.8, 4) is 0 Å². The molecule has 1 aliphatic rings. The molecule has 0 aromatic heterocycles. The Labute approximate surface area is 116 Å². The molecule has 1 aromatic carbocycles. The monoisotopic (exact) mass is 284 g/mol. The molecular formula is C14H18F2N2O2. The van der Waals surface area contributed by atoms with Crippen molar-refractivity contribution in [2.24, 2.45) is 5.92 Å². The zero-order chi connectivity index (χ0) is 14.7. The molecule has 1 saturated carbocycles. The summed E-state index contributed by atoms with van der Waals surface area (Å²) < 4.78 is 32.0. The number of carbonyl (C=O) groups excluding carboxylic acids is 1. The van der Waals surface area contributed by atoms with Gasteiger partial charge in [-0.1, -0.05) is 0 Å². The number of likely N-dealkylation sites (N-methyl/N-ethyl adjacent to an activating group) is 1. The van der Waals surface area contributed by atoms with E-state index in [1.807, 2.05) is 0 Å². The number of carbonyl (C=O) groups is 1. The highest BCUT2D eigenvalue weighted by Gasteiger charge is 2.21. The maximum absolute atomic E-state index is 13.3. The lowest BCUT2D eigenvalue weighted by molar-refractivity contribution is 0.0680. The first-order chi connectivity index (χ1) is 9.49. The Kier molecular flexibility index (Phi) is 4.54. The third-order valence-corrected chi connectivity index (χ3v) is 3.29. The highest BCUT2D eigenvalue weighted by molar-refractivity contribution is 5.94. The average molecular weight is 284 g/mol. The van der Waals surface area contributed by atoms with E-state index in [0.29, 0.717) is 25.7 Å². The SMILES string of the molecule is CN(CCOCC1CC1)C(=O)c1cc(F)c(N)c(F)c1. The molecule has 0 atom stereocenters. The molecule has 0 aliphatic heterocycles. The fourth-order valence-corrected chi connectivity index (χ4v) is 1.77. The molecule has 4 nitrogen and oxygen atoms in total. The first kappa shape index (κ1) is 14.7. The number of nitrogens with zero attached hydrogens (tertiary/aromatic N) is 1. The molecule has 1 fully saturated rings. The number of ether oxygens (including phenoxy) is 1. The molecule has 0 heterocycles. The third kappa shape index (κ3) is 3.66. The summed E-state index contributed by atoms with van der Waals surface area (Å²) in [4.78, 5) is 13.4. The molecule has 0 bridgehead atoms. The van der Waals surface area contributed by atoms with Gasteiger partial charge in [0.15, 0.2) is 0 Å². The Balaban J connectivity index is 1.88. The van der Waals surface area contributed by atoms with Crippen molar-refractivity contribution in [3.63, 3.8) is 0 Å². The second kappa shape index (κ2) is 6.17. The Morgan fingerprint density at radius 3 is 2.55 bits per heavy atom. The quantitative estimate of drug-likeness (QED) is 0.642. The van der Waals surface area contributed by atoms with Crippen LogP contribution in [0, 0.1) is 17.6 Å². The van der Waals surface area contributed by atoms with Crippen LogP contribution in [0.3, 0.4) is 0 Å². The van der Waals surface area contributed by atoms with Crippen molar-refractivity contribution in [3.05, 3.63) is 29.3 Å². The van der Waals surface area contributed by atoms with Gasteiger partial charge >= 0.3 is 0 Å². The van der Waals surface area contributed by atoms with Gasteiger partial charge in [0.2, 0.25) is 0 Å². The molecule has 6 heteroatoms. The first-order valence-corrected chi connectivity index (χ1v) is 6.56. The fraction of sp³-hybridized carbons (Fsp3) is 0.500. The molecule has 0 unspecified atom stereocenters. The number of hydrogen-bond acceptors (Lipinski definition) is 3. The number of nitrogen functional groups attached to an aromatic ring is 1. The van der Waals surface area contributed by atoms with Crippen molar-refractivity contribution in [2.75, 3.05) is 32.5 Å². The number of amides is 1. The average Bonchev–Trinajstić information content (AvgIpc) is 3.23. The standard InChI is InChI=1S/C14H18F2N2O2/c1-18(4-5-20-8-9-2-3-9)14(19)10-6-11(15)13(17)12(16)7-10/h6-7,9H,2-5,8,17H2,1H3. The Hall–Kier alpha value is -1.69. The molecule has 2 rings (SSSR count). The van der Waals surface area contributed by atoms with Gasteiger partial charge in [0, 0.05) is 25.8 Å². The minimum atomic E-state index is -0.924. The molecule has 0 saturated heterocycles. The summed E-state index contributed by atoms with van der Waals surface area (Å²) in [6.07, 6.45) is 2.41. The topological polar surface area (TPSA) is 55.6 Å². The van der Waals surface area contributed by atoms with E-state index in [2.05, 4.69) is 0 Å². The normalized spacial score (nSPS) is 14.3. The zero-order valence-corrected chi connectivity index (χ0v) is 11.4. The fourth-order valence-electron chi connectivity index (χ4n) is 1.77. The summed E-state index contributed by atoms with van der Waals surface area (Å²) >= 11 is 0. The maximum atomic E-state index is 13.3.